The Kier molecular flexibility index (Phi) is 9.76. The lowest BCUT2D eigenvalue weighted by Crippen LogP contribution is -2.66. The number of alkyl halides is 1. The standard InChI is InChI=1S/C22H31FN4O7S/c1-12-6-8-13(9-7-12)35-22(19(30)32-5)10-14(28)17(26-20(31)34-21(2,3)4)18(33-22)16(23)15(29)11-25-27-24/h6-9,14-18,28-29H,10-11H2,1-5H3,(H,26,31)/t14-,15+,16-,17+,18-,22+/m0/s1. The molecular formula is C22H31FN4O7S. The van der Waals surface area contributed by atoms with Crippen molar-refractivity contribution in [2.24, 2.45) is 5.11 Å². The molecule has 13 heteroatoms. The number of rotatable bonds is 8. The predicted molar refractivity (Wildman–Crippen MR) is 125 cm³/mol. The van der Waals surface area contributed by atoms with Crippen molar-refractivity contribution in [1.82, 2.24) is 5.32 Å². The zero-order valence-corrected chi connectivity index (χ0v) is 21.0. The molecule has 1 aromatic rings. The van der Waals surface area contributed by atoms with E-state index in [1.165, 1.54) is 0 Å². The smallest absolute Gasteiger partial charge is 0.408 e. The van der Waals surface area contributed by atoms with Gasteiger partial charge in [-0.05, 0) is 45.4 Å². The van der Waals surface area contributed by atoms with Gasteiger partial charge in [0.05, 0.1) is 31.9 Å². The second-order valence-corrected chi connectivity index (χ2v) is 10.4. The maximum Gasteiger partial charge on any atom is 0.408 e. The van der Waals surface area contributed by atoms with Crippen molar-refractivity contribution in [3.05, 3.63) is 40.3 Å². The molecule has 6 atom stereocenters. The summed E-state index contributed by atoms with van der Waals surface area (Å²) in [5, 5.41) is 26.8. The number of nitrogens with zero attached hydrogens (tertiary/aromatic N) is 3. The first-order chi connectivity index (χ1) is 16.3. The maximum absolute atomic E-state index is 15.5. The monoisotopic (exact) mass is 514 g/mol. The van der Waals surface area contributed by atoms with E-state index in [0.29, 0.717) is 4.90 Å². The first kappa shape index (κ1) is 28.7. The second kappa shape index (κ2) is 11.9. The number of hydrogen-bond donors (Lipinski definition) is 3. The molecule has 1 aliphatic rings. The number of aliphatic hydroxyl groups excluding tert-OH is 2. The fourth-order valence-electron chi connectivity index (χ4n) is 3.48. The number of azide groups is 1. The summed E-state index contributed by atoms with van der Waals surface area (Å²) in [6, 6.07) is 5.65. The van der Waals surface area contributed by atoms with Crippen molar-refractivity contribution in [2.45, 2.75) is 80.1 Å². The molecule has 2 rings (SSSR count). The Bertz CT molecular complexity index is 939. The lowest BCUT2D eigenvalue weighted by Gasteiger charge is -2.46. The summed E-state index contributed by atoms with van der Waals surface area (Å²) in [5.74, 6) is -0.889. The van der Waals surface area contributed by atoms with Crippen LogP contribution in [0.2, 0.25) is 0 Å². The summed E-state index contributed by atoms with van der Waals surface area (Å²) in [4.78, 5) is 26.5. The Hall–Kier alpha value is -2.57. The number of methoxy groups -OCH3 is 1. The molecule has 1 aliphatic heterocycles. The van der Waals surface area contributed by atoms with E-state index in [4.69, 9.17) is 19.7 Å². The largest absolute Gasteiger partial charge is 0.466 e. The number of ether oxygens (including phenoxy) is 3. The molecule has 1 fully saturated rings. The molecule has 1 aromatic carbocycles. The Morgan fingerprint density at radius 1 is 1.40 bits per heavy atom. The van der Waals surface area contributed by atoms with E-state index in [-0.39, 0.29) is 6.42 Å². The number of aryl methyl sites for hydroxylation is 1. The predicted octanol–water partition coefficient (Wildman–Crippen LogP) is 3.01. The number of aliphatic hydroxyl groups is 2. The highest BCUT2D eigenvalue weighted by Gasteiger charge is 2.56. The highest BCUT2D eigenvalue weighted by molar-refractivity contribution is 8.01. The molecule has 0 spiro atoms. The first-order valence-electron chi connectivity index (χ1n) is 10.8. The minimum absolute atomic E-state index is 0.367. The summed E-state index contributed by atoms with van der Waals surface area (Å²) in [6.45, 7) is 6.12. The van der Waals surface area contributed by atoms with Gasteiger partial charge >= 0.3 is 12.1 Å². The number of benzene rings is 1. The minimum Gasteiger partial charge on any atom is -0.466 e. The van der Waals surface area contributed by atoms with Crippen LogP contribution in [0.3, 0.4) is 0 Å². The fourth-order valence-corrected chi connectivity index (χ4v) is 4.71. The Balaban J connectivity index is 2.45. The van der Waals surface area contributed by atoms with Gasteiger partial charge in [-0.25, -0.2) is 14.0 Å². The van der Waals surface area contributed by atoms with Crippen LogP contribution in [0.15, 0.2) is 34.3 Å². The van der Waals surface area contributed by atoms with Gasteiger partial charge in [0.1, 0.15) is 11.7 Å². The quantitative estimate of drug-likeness (QED) is 0.206. The molecule has 1 heterocycles. The van der Waals surface area contributed by atoms with Crippen molar-refractivity contribution in [2.75, 3.05) is 13.7 Å². The van der Waals surface area contributed by atoms with Crippen LogP contribution in [0.25, 0.3) is 10.4 Å². The molecular weight excluding hydrogens is 483 g/mol. The topological polar surface area (TPSA) is 163 Å². The van der Waals surface area contributed by atoms with Gasteiger partial charge in [-0.2, -0.15) is 0 Å². The van der Waals surface area contributed by atoms with Gasteiger partial charge in [-0.15, -0.1) is 0 Å². The van der Waals surface area contributed by atoms with Crippen LogP contribution in [0, 0.1) is 6.92 Å². The fraction of sp³-hybridized carbons (Fsp3) is 0.636. The van der Waals surface area contributed by atoms with E-state index in [2.05, 4.69) is 15.3 Å². The average molecular weight is 515 g/mol. The molecule has 0 radical (unpaired) electrons. The van der Waals surface area contributed by atoms with Crippen molar-refractivity contribution < 1.29 is 38.4 Å². The molecule has 1 saturated heterocycles. The molecule has 1 amide bonds. The minimum atomic E-state index is -2.27. The van der Waals surface area contributed by atoms with E-state index >= 15 is 4.39 Å². The normalized spacial score (nSPS) is 26.1. The number of nitrogens with one attached hydrogen (secondary N) is 1. The van der Waals surface area contributed by atoms with Crippen LogP contribution in [0.4, 0.5) is 9.18 Å². The Morgan fingerprint density at radius 2 is 2.03 bits per heavy atom. The maximum atomic E-state index is 15.5. The summed E-state index contributed by atoms with van der Waals surface area (Å²) < 4.78 is 31.5. The first-order valence-corrected chi connectivity index (χ1v) is 11.7. The van der Waals surface area contributed by atoms with Crippen molar-refractivity contribution in [1.29, 1.82) is 0 Å². The number of hydrogen-bond acceptors (Lipinski definition) is 9. The van der Waals surface area contributed by atoms with Gasteiger partial charge in [0.2, 0.25) is 4.93 Å². The SMILES string of the molecule is COC(=O)[C@]1(Sc2ccc(C)cc2)C[C@H](O)[C@@H](NC(=O)OC(C)(C)C)[C@H]([C@@H](F)[C@H](O)CN=[N+]=[N-])O1. The molecule has 0 saturated carbocycles. The zero-order chi connectivity index (χ0) is 26.4. The van der Waals surface area contributed by atoms with Gasteiger partial charge in [0.25, 0.3) is 0 Å². The third-order valence-electron chi connectivity index (χ3n) is 5.07. The summed E-state index contributed by atoms with van der Waals surface area (Å²) >= 11 is 0.908. The van der Waals surface area contributed by atoms with Crippen LogP contribution >= 0.6 is 11.8 Å². The van der Waals surface area contributed by atoms with Crippen molar-refractivity contribution in [3.8, 4) is 0 Å². The van der Waals surface area contributed by atoms with Crippen LogP contribution < -0.4 is 5.32 Å². The lowest BCUT2D eigenvalue weighted by atomic mass is 9.90. The van der Waals surface area contributed by atoms with Gasteiger partial charge in [-0.1, -0.05) is 34.6 Å². The highest BCUT2D eigenvalue weighted by Crippen LogP contribution is 2.45. The van der Waals surface area contributed by atoms with Gasteiger partial charge in [0, 0.05) is 16.2 Å². The highest BCUT2D eigenvalue weighted by atomic mass is 32.2. The van der Waals surface area contributed by atoms with Crippen LogP contribution in [0.1, 0.15) is 32.8 Å². The molecule has 194 valence electrons. The number of amides is 1. The molecule has 11 nitrogen and oxygen atoms in total. The van der Waals surface area contributed by atoms with Crippen molar-refractivity contribution >= 4 is 23.8 Å². The Morgan fingerprint density at radius 3 is 2.57 bits per heavy atom. The number of carbonyl (C=O) groups excluding carboxylic acids is 2. The molecule has 35 heavy (non-hydrogen) atoms. The van der Waals surface area contributed by atoms with Crippen molar-refractivity contribution in [3.63, 3.8) is 0 Å². The molecule has 0 bridgehead atoms. The van der Waals surface area contributed by atoms with E-state index in [1.54, 1.807) is 45.0 Å². The van der Waals surface area contributed by atoms with E-state index in [1.807, 2.05) is 6.92 Å². The van der Waals surface area contributed by atoms with Crippen LogP contribution in [0.5, 0.6) is 0 Å². The van der Waals surface area contributed by atoms with E-state index < -0.39 is 59.7 Å². The lowest BCUT2D eigenvalue weighted by molar-refractivity contribution is -0.195. The van der Waals surface area contributed by atoms with E-state index in [9.17, 15) is 19.8 Å². The summed E-state index contributed by atoms with van der Waals surface area (Å²) in [5.41, 5.74) is 8.60. The molecule has 0 unspecified atom stereocenters. The molecule has 0 aliphatic carbocycles. The number of thioether (sulfide) groups is 1. The zero-order valence-electron chi connectivity index (χ0n) is 20.2. The van der Waals surface area contributed by atoms with Crippen LogP contribution in [-0.4, -0.2) is 77.0 Å². The second-order valence-electron chi connectivity index (χ2n) is 9.11. The average Bonchev–Trinajstić information content (AvgIpc) is 2.78. The summed E-state index contributed by atoms with van der Waals surface area (Å²) in [6.07, 6.45) is -8.66. The van der Waals surface area contributed by atoms with Gasteiger partial charge < -0.3 is 29.7 Å². The Labute approximate surface area is 206 Å². The number of alkyl carbamates (subject to hydrolysis) is 1. The number of esters is 1. The third-order valence-corrected chi connectivity index (χ3v) is 6.34. The van der Waals surface area contributed by atoms with E-state index in [0.717, 1.165) is 24.4 Å². The number of carbonyl (C=O) groups is 2. The molecule has 0 aromatic heterocycles. The third kappa shape index (κ3) is 7.71. The van der Waals surface area contributed by atoms with Crippen LogP contribution in [-0.2, 0) is 19.0 Å². The summed E-state index contributed by atoms with van der Waals surface area (Å²) in [7, 11) is 1.12. The molecule has 3 N–H and O–H groups in total. The number of halogens is 1. The van der Waals surface area contributed by atoms with Gasteiger partial charge in [-0.3, -0.25) is 0 Å². The van der Waals surface area contributed by atoms with Gasteiger partial charge in [0.15, 0.2) is 6.17 Å².